The average molecular weight is 346 g/mol. The summed E-state index contributed by atoms with van der Waals surface area (Å²) in [5.41, 5.74) is 0.637. The third-order valence-corrected chi connectivity index (χ3v) is 5.00. The van der Waals surface area contributed by atoms with Crippen LogP contribution in [0.3, 0.4) is 0 Å². The van der Waals surface area contributed by atoms with Gasteiger partial charge >= 0.3 is 0 Å². The molecule has 0 fully saturated rings. The van der Waals surface area contributed by atoms with E-state index in [1.54, 1.807) is 48.5 Å². The van der Waals surface area contributed by atoms with E-state index in [-0.39, 0.29) is 4.90 Å². The maximum Gasteiger partial charge on any atom is 0.267 e. The monoisotopic (exact) mass is 345 g/mol. The van der Waals surface area contributed by atoms with Gasteiger partial charge < -0.3 is 4.98 Å². The fourth-order valence-corrected chi connectivity index (χ4v) is 3.36. The Labute approximate surface area is 138 Å². The highest BCUT2D eigenvalue weighted by Gasteiger charge is 2.16. The number of fused-ring (bicyclic) bond motifs is 1. The average Bonchev–Trinajstić information content (AvgIpc) is 2.53. The zero-order valence-electron chi connectivity index (χ0n) is 11.9. The molecule has 0 saturated heterocycles. The van der Waals surface area contributed by atoms with Gasteiger partial charge in [-0.25, -0.2) is 8.42 Å². The summed E-state index contributed by atoms with van der Waals surface area (Å²) in [6.07, 6.45) is 1.43. The van der Waals surface area contributed by atoms with Crippen LogP contribution in [-0.4, -0.2) is 13.4 Å². The van der Waals surface area contributed by atoms with Crippen LogP contribution >= 0.6 is 11.6 Å². The van der Waals surface area contributed by atoms with Crippen molar-refractivity contribution in [3.05, 3.63) is 80.9 Å². The number of H-pyrrole nitrogens is 1. The molecule has 1 heterocycles. The second kappa shape index (κ2) is 6.02. The molecule has 3 aromatic rings. The Morgan fingerprint density at radius 1 is 1.00 bits per heavy atom. The molecule has 0 bridgehead atoms. The van der Waals surface area contributed by atoms with Gasteiger partial charge in [0.2, 0.25) is 9.84 Å². The Bertz CT molecular complexity index is 1050. The van der Waals surface area contributed by atoms with Crippen LogP contribution < -0.4 is 5.56 Å². The number of pyridine rings is 1. The van der Waals surface area contributed by atoms with Crippen LogP contribution in [0, 0.1) is 0 Å². The Balaban J connectivity index is 2.04. The molecule has 2 aromatic carbocycles. The van der Waals surface area contributed by atoms with Crippen LogP contribution in [0.2, 0.25) is 5.02 Å². The quantitative estimate of drug-likeness (QED) is 0.788. The SMILES string of the molecule is O=c1[nH]c2ccccc2cc1S(=O)(=O)C=Cc1ccc(Cl)cc1. The number of hydrogen-bond acceptors (Lipinski definition) is 3. The molecule has 23 heavy (non-hydrogen) atoms. The van der Waals surface area contributed by atoms with Gasteiger partial charge in [-0.15, -0.1) is 0 Å². The number of halogens is 1. The molecule has 0 aliphatic carbocycles. The van der Waals surface area contributed by atoms with Crippen molar-refractivity contribution in [1.82, 2.24) is 4.98 Å². The first-order valence-corrected chi connectivity index (χ1v) is 8.69. The summed E-state index contributed by atoms with van der Waals surface area (Å²) in [4.78, 5) is 14.4. The Kier molecular flexibility index (Phi) is 4.07. The van der Waals surface area contributed by atoms with Gasteiger partial charge in [-0.3, -0.25) is 4.79 Å². The Morgan fingerprint density at radius 3 is 2.43 bits per heavy atom. The van der Waals surface area contributed by atoms with E-state index in [2.05, 4.69) is 4.98 Å². The number of hydrogen-bond donors (Lipinski definition) is 1. The summed E-state index contributed by atoms with van der Waals surface area (Å²) in [5, 5.41) is 2.25. The van der Waals surface area contributed by atoms with E-state index < -0.39 is 15.4 Å². The van der Waals surface area contributed by atoms with E-state index in [1.165, 1.54) is 12.1 Å². The number of rotatable bonds is 3. The number of aromatic nitrogens is 1. The molecule has 116 valence electrons. The van der Waals surface area contributed by atoms with Crippen LogP contribution in [0.4, 0.5) is 0 Å². The van der Waals surface area contributed by atoms with Crippen molar-refractivity contribution in [2.24, 2.45) is 0 Å². The Hall–Kier alpha value is -2.37. The molecule has 3 rings (SSSR count). The highest BCUT2D eigenvalue weighted by atomic mass is 35.5. The van der Waals surface area contributed by atoms with Crippen molar-refractivity contribution in [3.8, 4) is 0 Å². The lowest BCUT2D eigenvalue weighted by atomic mass is 10.2. The smallest absolute Gasteiger partial charge is 0.267 e. The molecule has 0 aliphatic rings. The second-order valence-corrected chi connectivity index (χ2v) is 7.19. The van der Waals surface area contributed by atoms with Gasteiger partial charge in [0, 0.05) is 15.9 Å². The van der Waals surface area contributed by atoms with Crippen molar-refractivity contribution < 1.29 is 8.42 Å². The number of nitrogens with one attached hydrogen (secondary N) is 1. The Morgan fingerprint density at radius 2 is 1.70 bits per heavy atom. The highest BCUT2D eigenvalue weighted by Crippen LogP contribution is 2.16. The van der Waals surface area contributed by atoms with Gasteiger partial charge in [0.1, 0.15) is 4.90 Å². The first-order chi connectivity index (χ1) is 11.0. The molecule has 1 N–H and O–H groups in total. The van der Waals surface area contributed by atoms with Crippen molar-refractivity contribution in [2.75, 3.05) is 0 Å². The summed E-state index contributed by atoms with van der Waals surface area (Å²) < 4.78 is 24.8. The summed E-state index contributed by atoms with van der Waals surface area (Å²) in [6, 6.07) is 15.1. The highest BCUT2D eigenvalue weighted by molar-refractivity contribution is 7.94. The van der Waals surface area contributed by atoms with Crippen LogP contribution in [0.25, 0.3) is 17.0 Å². The second-order valence-electron chi connectivity index (χ2n) is 4.95. The molecule has 0 atom stereocenters. The van der Waals surface area contributed by atoms with Crippen LogP contribution in [-0.2, 0) is 9.84 Å². The lowest BCUT2D eigenvalue weighted by Crippen LogP contribution is -2.15. The third-order valence-electron chi connectivity index (χ3n) is 3.34. The lowest BCUT2D eigenvalue weighted by molar-refractivity contribution is 0.603. The summed E-state index contributed by atoms with van der Waals surface area (Å²) in [5.74, 6) is 0. The van der Waals surface area contributed by atoms with Crippen molar-refractivity contribution in [1.29, 1.82) is 0 Å². The molecule has 0 radical (unpaired) electrons. The molecule has 0 amide bonds. The molecular formula is C17H12ClNO3S. The largest absolute Gasteiger partial charge is 0.321 e. The maximum absolute atomic E-state index is 12.4. The molecule has 0 aliphatic heterocycles. The molecule has 1 aromatic heterocycles. The van der Waals surface area contributed by atoms with E-state index in [0.29, 0.717) is 21.5 Å². The fourth-order valence-electron chi connectivity index (χ4n) is 2.15. The molecular weight excluding hydrogens is 334 g/mol. The summed E-state index contributed by atoms with van der Waals surface area (Å²) in [7, 11) is -3.85. The minimum Gasteiger partial charge on any atom is -0.321 e. The predicted octanol–water partition coefficient (Wildman–Crippen LogP) is 3.63. The van der Waals surface area contributed by atoms with E-state index in [0.717, 1.165) is 5.41 Å². The van der Waals surface area contributed by atoms with Gasteiger partial charge in [-0.05, 0) is 41.3 Å². The summed E-state index contributed by atoms with van der Waals surface area (Å²) in [6.45, 7) is 0. The standard InChI is InChI=1S/C17H12ClNO3S/c18-14-7-5-12(6-8-14)9-10-23(21,22)16-11-13-3-1-2-4-15(13)19-17(16)20/h1-11H,(H,19,20). The van der Waals surface area contributed by atoms with Gasteiger partial charge in [0.25, 0.3) is 5.56 Å². The van der Waals surface area contributed by atoms with Gasteiger partial charge in [0.15, 0.2) is 0 Å². The molecule has 6 heteroatoms. The van der Waals surface area contributed by atoms with Gasteiger partial charge in [-0.1, -0.05) is 41.9 Å². The third kappa shape index (κ3) is 3.36. The first kappa shape index (κ1) is 15.5. The van der Waals surface area contributed by atoms with Crippen LogP contribution in [0.1, 0.15) is 5.56 Å². The maximum atomic E-state index is 12.4. The molecule has 0 unspecified atom stereocenters. The zero-order chi connectivity index (χ0) is 16.4. The zero-order valence-corrected chi connectivity index (χ0v) is 13.4. The summed E-state index contributed by atoms with van der Waals surface area (Å²) >= 11 is 5.79. The minimum atomic E-state index is -3.85. The van der Waals surface area contributed by atoms with Gasteiger partial charge in [0.05, 0.1) is 0 Å². The molecule has 0 saturated carbocycles. The lowest BCUT2D eigenvalue weighted by Gasteiger charge is -2.02. The van der Waals surface area contributed by atoms with Gasteiger partial charge in [-0.2, -0.15) is 0 Å². The first-order valence-electron chi connectivity index (χ1n) is 6.76. The fraction of sp³-hybridized carbons (Fsp3) is 0. The number of para-hydroxylation sites is 1. The normalized spacial score (nSPS) is 12.0. The minimum absolute atomic E-state index is 0.276. The van der Waals surface area contributed by atoms with Crippen LogP contribution in [0.5, 0.6) is 0 Å². The van der Waals surface area contributed by atoms with Crippen molar-refractivity contribution in [2.45, 2.75) is 4.90 Å². The van der Waals surface area contributed by atoms with E-state index in [4.69, 9.17) is 11.6 Å². The predicted molar refractivity (Wildman–Crippen MR) is 92.2 cm³/mol. The number of sulfone groups is 1. The van der Waals surface area contributed by atoms with Crippen molar-refractivity contribution >= 4 is 38.4 Å². The topological polar surface area (TPSA) is 67.0 Å². The number of benzene rings is 2. The van der Waals surface area contributed by atoms with Crippen LogP contribution in [0.15, 0.2) is 69.7 Å². The molecule has 4 nitrogen and oxygen atoms in total. The van der Waals surface area contributed by atoms with E-state index in [1.807, 2.05) is 0 Å². The van der Waals surface area contributed by atoms with E-state index >= 15 is 0 Å². The van der Waals surface area contributed by atoms with E-state index in [9.17, 15) is 13.2 Å². The molecule has 0 spiro atoms. The van der Waals surface area contributed by atoms with Crippen molar-refractivity contribution in [3.63, 3.8) is 0 Å². The number of aromatic amines is 1.